The molecule has 0 aliphatic heterocycles. The molecular weight excluding hydrogens is 386 g/mol. The van der Waals surface area contributed by atoms with Crippen LogP contribution in [-0.2, 0) is 16.1 Å². The van der Waals surface area contributed by atoms with Gasteiger partial charge in [-0.15, -0.1) is 0 Å². The Morgan fingerprint density at radius 1 is 1.16 bits per heavy atom. The Morgan fingerprint density at radius 2 is 1.94 bits per heavy atom. The first-order valence-electron chi connectivity index (χ1n) is 10.9. The van der Waals surface area contributed by atoms with E-state index in [1.165, 1.54) is 0 Å². The van der Waals surface area contributed by atoms with Gasteiger partial charge in [-0.1, -0.05) is 69.3 Å². The Balaban J connectivity index is 1.92. The Bertz CT molecular complexity index is 951. The third-order valence-corrected chi connectivity index (χ3v) is 5.48. The second-order valence-corrected chi connectivity index (χ2v) is 8.28. The average Bonchev–Trinajstić information content (AvgIpc) is 2.81. The summed E-state index contributed by atoms with van der Waals surface area (Å²) in [7, 11) is 0. The van der Waals surface area contributed by atoms with Crippen molar-refractivity contribution < 1.29 is 9.59 Å². The van der Waals surface area contributed by atoms with Gasteiger partial charge in [-0.25, -0.2) is 0 Å². The molecule has 0 radical (unpaired) electrons. The monoisotopic (exact) mass is 417 g/mol. The zero-order chi connectivity index (χ0) is 22.3. The summed E-state index contributed by atoms with van der Waals surface area (Å²) in [6.45, 7) is 6.86. The van der Waals surface area contributed by atoms with Gasteiger partial charge in [-0.3, -0.25) is 14.6 Å². The SMILES string of the molecule is CCC(=O)N(CC(C)C)C1(C(=O)NCc2cccnc2)C=CC(c2ccccc2)=CC1. The van der Waals surface area contributed by atoms with Gasteiger partial charge in [0.15, 0.2) is 0 Å². The Morgan fingerprint density at radius 3 is 2.52 bits per heavy atom. The summed E-state index contributed by atoms with van der Waals surface area (Å²) in [5.41, 5.74) is 2.03. The lowest BCUT2D eigenvalue weighted by molar-refractivity contribution is -0.145. The van der Waals surface area contributed by atoms with E-state index in [0.717, 1.165) is 16.7 Å². The number of rotatable bonds is 8. The van der Waals surface area contributed by atoms with E-state index in [1.54, 1.807) is 17.3 Å². The second-order valence-electron chi connectivity index (χ2n) is 8.28. The normalized spacial score (nSPS) is 17.9. The van der Waals surface area contributed by atoms with E-state index in [2.05, 4.69) is 42.4 Å². The molecule has 0 bridgehead atoms. The highest BCUT2D eigenvalue weighted by atomic mass is 16.2. The molecule has 3 rings (SSSR count). The van der Waals surface area contributed by atoms with Gasteiger partial charge in [-0.2, -0.15) is 0 Å². The predicted molar refractivity (Wildman–Crippen MR) is 124 cm³/mol. The third-order valence-electron chi connectivity index (χ3n) is 5.48. The summed E-state index contributed by atoms with van der Waals surface area (Å²) in [5.74, 6) is 0.0521. The standard InChI is InChI=1S/C26H31N3O2/c1-4-24(30)29(19-20(2)3)26(25(31)28-18-21-9-8-16-27-17-21)14-12-23(13-15-26)22-10-6-5-7-11-22/h5-14,16-17,20H,4,15,18-19H2,1-3H3,(H,28,31). The molecule has 0 saturated heterocycles. The molecule has 5 nitrogen and oxygen atoms in total. The molecule has 1 aromatic heterocycles. The summed E-state index contributed by atoms with van der Waals surface area (Å²) < 4.78 is 0. The summed E-state index contributed by atoms with van der Waals surface area (Å²) in [6, 6.07) is 13.8. The lowest BCUT2D eigenvalue weighted by Gasteiger charge is -2.42. The molecule has 0 spiro atoms. The van der Waals surface area contributed by atoms with Crippen LogP contribution < -0.4 is 5.32 Å². The maximum atomic E-state index is 13.6. The van der Waals surface area contributed by atoms with Gasteiger partial charge in [0.25, 0.3) is 5.91 Å². The van der Waals surface area contributed by atoms with Crippen LogP contribution in [0.1, 0.15) is 44.7 Å². The number of hydrogen-bond acceptors (Lipinski definition) is 3. The Kier molecular flexibility index (Phi) is 7.40. The predicted octanol–water partition coefficient (Wildman–Crippen LogP) is 4.37. The molecule has 0 fully saturated rings. The first-order valence-corrected chi connectivity index (χ1v) is 10.9. The van der Waals surface area contributed by atoms with E-state index in [1.807, 2.05) is 49.4 Å². The highest BCUT2D eigenvalue weighted by Gasteiger charge is 2.44. The van der Waals surface area contributed by atoms with E-state index < -0.39 is 5.54 Å². The van der Waals surface area contributed by atoms with Crippen molar-refractivity contribution >= 4 is 17.4 Å². The average molecular weight is 418 g/mol. The van der Waals surface area contributed by atoms with Crippen LogP contribution in [-0.4, -0.2) is 33.8 Å². The van der Waals surface area contributed by atoms with Gasteiger partial charge in [0.1, 0.15) is 5.54 Å². The first-order chi connectivity index (χ1) is 15.0. The van der Waals surface area contributed by atoms with E-state index in [0.29, 0.717) is 25.9 Å². The molecule has 0 saturated carbocycles. The molecule has 1 atom stereocenters. The summed E-state index contributed by atoms with van der Waals surface area (Å²) >= 11 is 0. The second kappa shape index (κ2) is 10.2. The lowest BCUT2D eigenvalue weighted by Crippen LogP contribution is -2.60. The summed E-state index contributed by atoms with van der Waals surface area (Å²) in [5, 5.41) is 3.04. The number of aromatic nitrogens is 1. The van der Waals surface area contributed by atoms with E-state index in [-0.39, 0.29) is 17.7 Å². The van der Waals surface area contributed by atoms with Gasteiger partial charge in [0.05, 0.1) is 0 Å². The minimum atomic E-state index is -1.04. The number of hydrogen-bond donors (Lipinski definition) is 1. The van der Waals surface area contributed by atoms with E-state index in [4.69, 9.17) is 0 Å². The molecular formula is C26H31N3O2. The molecule has 2 aromatic rings. The van der Waals surface area contributed by atoms with Gasteiger partial charge in [0, 0.05) is 38.3 Å². The van der Waals surface area contributed by atoms with Gasteiger partial charge in [0.2, 0.25) is 5.91 Å². The molecule has 1 aromatic carbocycles. The lowest BCUT2D eigenvalue weighted by atomic mass is 9.83. The number of amides is 2. The van der Waals surface area contributed by atoms with Crippen LogP contribution in [0.2, 0.25) is 0 Å². The summed E-state index contributed by atoms with van der Waals surface area (Å²) in [6.07, 6.45) is 10.2. The van der Waals surface area contributed by atoms with Crippen molar-refractivity contribution in [3.05, 3.63) is 84.2 Å². The van der Waals surface area contributed by atoms with Crippen LogP contribution in [0.4, 0.5) is 0 Å². The maximum Gasteiger partial charge on any atom is 0.250 e. The fraction of sp³-hybridized carbons (Fsp3) is 0.346. The minimum absolute atomic E-state index is 0.0218. The van der Waals surface area contributed by atoms with E-state index >= 15 is 0 Å². The number of nitrogens with one attached hydrogen (secondary N) is 1. The van der Waals surface area contributed by atoms with Crippen molar-refractivity contribution in [1.82, 2.24) is 15.2 Å². The maximum absolute atomic E-state index is 13.6. The van der Waals surface area contributed by atoms with Crippen molar-refractivity contribution in [1.29, 1.82) is 0 Å². The highest BCUT2D eigenvalue weighted by Crippen LogP contribution is 2.33. The molecule has 2 amide bonds. The number of pyridine rings is 1. The minimum Gasteiger partial charge on any atom is -0.350 e. The quantitative estimate of drug-likeness (QED) is 0.694. The number of allylic oxidation sites excluding steroid dienone is 2. The van der Waals surface area contributed by atoms with Gasteiger partial charge >= 0.3 is 0 Å². The molecule has 1 unspecified atom stereocenters. The van der Waals surface area contributed by atoms with Crippen molar-refractivity contribution in [2.24, 2.45) is 5.92 Å². The topological polar surface area (TPSA) is 62.3 Å². The Labute approximate surface area is 184 Å². The van der Waals surface area contributed by atoms with Crippen LogP contribution >= 0.6 is 0 Å². The largest absolute Gasteiger partial charge is 0.350 e. The summed E-state index contributed by atoms with van der Waals surface area (Å²) in [4.78, 5) is 32.4. The van der Waals surface area contributed by atoms with Crippen molar-refractivity contribution in [3.8, 4) is 0 Å². The van der Waals surface area contributed by atoms with Crippen LogP contribution in [0, 0.1) is 5.92 Å². The van der Waals surface area contributed by atoms with Gasteiger partial charge in [-0.05, 0) is 34.8 Å². The molecule has 1 N–H and O–H groups in total. The number of carbonyl (C=O) groups is 2. The van der Waals surface area contributed by atoms with Crippen LogP contribution in [0.3, 0.4) is 0 Å². The van der Waals surface area contributed by atoms with Crippen molar-refractivity contribution in [2.75, 3.05) is 6.54 Å². The number of carbonyl (C=O) groups excluding carboxylic acids is 2. The molecule has 5 heteroatoms. The molecule has 31 heavy (non-hydrogen) atoms. The molecule has 1 aliphatic carbocycles. The smallest absolute Gasteiger partial charge is 0.250 e. The number of nitrogens with zero attached hydrogens (tertiary/aromatic N) is 2. The Hall–Kier alpha value is -3.21. The fourth-order valence-electron chi connectivity index (χ4n) is 3.85. The zero-order valence-corrected chi connectivity index (χ0v) is 18.5. The van der Waals surface area contributed by atoms with E-state index in [9.17, 15) is 9.59 Å². The number of benzene rings is 1. The molecule has 162 valence electrons. The van der Waals surface area contributed by atoms with Gasteiger partial charge < -0.3 is 10.2 Å². The third kappa shape index (κ3) is 5.29. The van der Waals surface area contributed by atoms with Crippen LogP contribution in [0.25, 0.3) is 5.57 Å². The van der Waals surface area contributed by atoms with Crippen LogP contribution in [0.15, 0.2) is 73.1 Å². The molecule has 1 aliphatic rings. The van der Waals surface area contributed by atoms with Crippen molar-refractivity contribution in [3.63, 3.8) is 0 Å². The highest BCUT2D eigenvalue weighted by molar-refractivity contribution is 5.95. The zero-order valence-electron chi connectivity index (χ0n) is 18.5. The van der Waals surface area contributed by atoms with Crippen molar-refractivity contribution in [2.45, 2.75) is 45.7 Å². The molecule has 1 heterocycles. The first kappa shape index (κ1) is 22.5. The fourth-order valence-corrected chi connectivity index (χ4v) is 3.85. The van der Waals surface area contributed by atoms with Crippen LogP contribution in [0.5, 0.6) is 0 Å².